The zero-order chi connectivity index (χ0) is 16.3. The summed E-state index contributed by atoms with van der Waals surface area (Å²) >= 11 is 1.65. The van der Waals surface area contributed by atoms with Crippen LogP contribution in [0.5, 0.6) is 0 Å². The van der Waals surface area contributed by atoms with Crippen LogP contribution in [-0.4, -0.2) is 29.6 Å². The number of nitrogens with one attached hydrogen (secondary N) is 1. The first-order chi connectivity index (χ1) is 11.1. The third-order valence-electron chi connectivity index (χ3n) is 4.20. The molecule has 0 aromatic heterocycles. The number of benzene rings is 1. The van der Waals surface area contributed by atoms with Gasteiger partial charge >= 0.3 is 0 Å². The molecule has 0 radical (unpaired) electrons. The number of thioether (sulfide) groups is 1. The summed E-state index contributed by atoms with van der Waals surface area (Å²) in [4.78, 5) is 12.4. The van der Waals surface area contributed by atoms with Crippen LogP contribution in [0.1, 0.15) is 35.2 Å². The van der Waals surface area contributed by atoms with Gasteiger partial charge in [0.15, 0.2) is 0 Å². The normalized spacial score (nSPS) is 23.5. The molecule has 0 bridgehead atoms. The van der Waals surface area contributed by atoms with Crippen molar-refractivity contribution in [3.63, 3.8) is 0 Å². The molecule has 122 valence electrons. The first-order valence-electron chi connectivity index (χ1n) is 7.79. The molecular formula is C17H19FN2O2S. The first kappa shape index (κ1) is 16.3. The summed E-state index contributed by atoms with van der Waals surface area (Å²) in [6.07, 6.45) is 3.00. The van der Waals surface area contributed by atoms with E-state index in [1.807, 2.05) is 0 Å². The van der Waals surface area contributed by atoms with Crippen LogP contribution in [0.2, 0.25) is 0 Å². The summed E-state index contributed by atoms with van der Waals surface area (Å²) < 4.78 is 19.4. The van der Waals surface area contributed by atoms with E-state index in [1.54, 1.807) is 11.8 Å². The lowest BCUT2D eigenvalue weighted by molar-refractivity contribution is 0.0924. The highest BCUT2D eigenvalue weighted by Crippen LogP contribution is 2.29. The molecule has 23 heavy (non-hydrogen) atoms. The molecule has 1 aliphatic heterocycles. The fraction of sp³-hybridized carbons (Fsp3) is 0.529. The summed E-state index contributed by atoms with van der Waals surface area (Å²) in [5.41, 5.74) is -0.0632. The quantitative estimate of drug-likeness (QED) is 0.869. The third-order valence-corrected chi connectivity index (χ3v) is 5.39. The van der Waals surface area contributed by atoms with Gasteiger partial charge in [0.2, 0.25) is 0 Å². The zero-order valence-corrected chi connectivity index (χ0v) is 13.6. The van der Waals surface area contributed by atoms with Crippen molar-refractivity contribution in [2.45, 2.75) is 31.4 Å². The second kappa shape index (κ2) is 6.90. The Morgan fingerprint density at radius 3 is 3.00 bits per heavy atom. The van der Waals surface area contributed by atoms with Gasteiger partial charge < -0.3 is 10.1 Å². The highest BCUT2D eigenvalue weighted by Gasteiger charge is 2.36. The lowest BCUT2D eigenvalue weighted by Crippen LogP contribution is -2.47. The fourth-order valence-corrected chi connectivity index (χ4v) is 3.78. The minimum Gasteiger partial charge on any atom is -0.376 e. The molecule has 1 saturated heterocycles. The number of carbonyl (C=O) groups excluding carboxylic acids is 1. The van der Waals surface area contributed by atoms with Crippen LogP contribution in [0.4, 0.5) is 4.39 Å². The second-order valence-electron chi connectivity index (χ2n) is 6.22. The first-order valence-corrected chi connectivity index (χ1v) is 8.95. The minimum atomic E-state index is -0.807. The number of nitriles is 1. The van der Waals surface area contributed by atoms with Crippen molar-refractivity contribution in [2.24, 2.45) is 5.92 Å². The lowest BCUT2D eigenvalue weighted by Gasteiger charge is -2.21. The number of ether oxygens (including phenoxy) is 1. The van der Waals surface area contributed by atoms with Crippen molar-refractivity contribution in [3.05, 3.63) is 35.1 Å². The van der Waals surface area contributed by atoms with Crippen molar-refractivity contribution in [1.29, 1.82) is 5.26 Å². The summed E-state index contributed by atoms with van der Waals surface area (Å²) in [6.45, 7) is 0.813. The number of nitrogens with zero attached hydrogens (tertiary/aromatic N) is 1. The van der Waals surface area contributed by atoms with Crippen LogP contribution in [0, 0.1) is 23.1 Å². The average molecular weight is 334 g/mol. The number of hydrogen-bond acceptors (Lipinski definition) is 4. The molecule has 1 aromatic carbocycles. The van der Waals surface area contributed by atoms with E-state index in [-0.39, 0.29) is 18.3 Å². The molecule has 1 N–H and O–H groups in total. The third kappa shape index (κ3) is 4.04. The van der Waals surface area contributed by atoms with Gasteiger partial charge in [-0.05, 0) is 49.1 Å². The van der Waals surface area contributed by atoms with Gasteiger partial charge in [-0.3, -0.25) is 4.79 Å². The topological polar surface area (TPSA) is 62.1 Å². The molecule has 4 nitrogen and oxygen atoms in total. The Hall–Kier alpha value is -1.58. The van der Waals surface area contributed by atoms with Crippen LogP contribution >= 0.6 is 11.8 Å². The van der Waals surface area contributed by atoms with Gasteiger partial charge in [-0.15, -0.1) is 0 Å². The number of hydrogen-bond donors (Lipinski definition) is 1. The minimum absolute atomic E-state index is 0.169. The summed E-state index contributed by atoms with van der Waals surface area (Å²) in [5.74, 6) is 1.35. The maximum absolute atomic E-state index is 13.9. The molecule has 1 aliphatic carbocycles. The van der Waals surface area contributed by atoms with Crippen LogP contribution in [-0.2, 0) is 11.3 Å². The summed E-state index contributed by atoms with van der Waals surface area (Å²) in [6, 6.07) is 6.46. The monoisotopic (exact) mass is 334 g/mol. The van der Waals surface area contributed by atoms with E-state index < -0.39 is 5.54 Å². The van der Waals surface area contributed by atoms with Gasteiger partial charge in [0.1, 0.15) is 11.4 Å². The maximum Gasteiger partial charge on any atom is 0.252 e. The Morgan fingerprint density at radius 1 is 1.52 bits per heavy atom. The van der Waals surface area contributed by atoms with Gasteiger partial charge in [-0.1, -0.05) is 0 Å². The van der Waals surface area contributed by atoms with Gasteiger partial charge in [0.05, 0.1) is 12.7 Å². The van der Waals surface area contributed by atoms with E-state index in [2.05, 4.69) is 11.4 Å². The largest absolute Gasteiger partial charge is 0.376 e. The van der Waals surface area contributed by atoms with E-state index in [1.165, 1.54) is 31.0 Å². The van der Waals surface area contributed by atoms with Crippen LogP contribution in [0.15, 0.2) is 18.2 Å². The SMILES string of the molecule is N#CC1(NC(=O)c2ccc(F)c(COCC3CC3)c2)CCSC1. The van der Waals surface area contributed by atoms with E-state index in [4.69, 9.17) is 4.74 Å². The van der Waals surface area contributed by atoms with E-state index >= 15 is 0 Å². The second-order valence-corrected chi connectivity index (χ2v) is 7.32. The number of rotatable bonds is 6. The zero-order valence-electron chi connectivity index (χ0n) is 12.8. The van der Waals surface area contributed by atoms with E-state index in [0.29, 0.717) is 35.8 Å². The van der Waals surface area contributed by atoms with Crippen LogP contribution in [0.3, 0.4) is 0 Å². The Kier molecular flexibility index (Phi) is 4.88. The van der Waals surface area contributed by atoms with Crippen molar-refractivity contribution < 1.29 is 13.9 Å². The summed E-state index contributed by atoms with van der Waals surface area (Å²) in [5, 5.41) is 12.1. The van der Waals surface area contributed by atoms with Gasteiger partial charge in [-0.2, -0.15) is 17.0 Å². The molecule has 2 fully saturated rings. The Morgan fingerprint density at radius 2 is 2.35 bits per heavy atom. The van der Waals surface area contributed by atoms with Gasteiger partial charge in [0, 0.05) is 23.5 Å². The maximum atomic E-state index is 13.9. The smallest absolute Gasteiger partial charge is 0.252 e. The van der Waals surface area contributed by atoms with Crippen molar-refractivity contribution in [3.8, 4) is 6.07 Å². The lowest BCUT2D eigenvalue weighted by atomic mass is 10.00. The molecule has 0 spiro atoms. The standard InChI is InChI=1S/C17H19FN2O2S/c18-15-4-3-13(7-14(15)9-22-8-12-1-2-12)16(21)20-17(10-19)5-6-23-11-17/h3-4,7,12H,1-2,5-6,8-9,11H2,(H,20,21). The molecule has 1 aromatic rings. The van der Waals surface area contributed by atoms with Crippen molar-refractivity contribution >= 4 is 17.7 Å². The predicted molar refractivity (Wildman–Crippen MR) is 86.5 cm³/mol. The molecule has 3 rings (SSSR count). The Bertz CT molecular complexity index is 634. The molecule has 1 heterocycles. The molecule has 1 amide bonds. The number of carbonyl (C=O) groups is 1. The molecule has 1 saturated carbocycles. The predicted octanol–water partition coefficient (Wildman–Crippen LogP) is 2.88. The number of amides is 1. The fourth-order valence-electron chi connectivity index (χ4n) is 2.52. The van der Waals surface area contributed by atoms with Crippen LogP contribution in [0.25, 0.3) is 0 Å². The van der Waals surface area contributed by atoms with Crippen molar-refractivity contribution in [2.75, 3.05) is 18.1 Å². The molecular weight excluding hydrogens is 315 g/mol. The highest BCUT2D eigenvalue weighted by atomic mass is 32.2. The summed E-state index contributed by atoms with van der Waals surface area (Å²) in [7, 11) is 0. The van der Waals surface area contributed by atoms with E-state index in [9.17, 15) is 14.4 Å². The molecule has 1 unspecified atom stereocenters. The van der Waals surface area contributed by atoms with Crippen LogP contribution < -0.4 is 5.32 Å². The van der Waals surface area contributed by atoms with E-state index in [0.717, 1.165) is 5.75 Å². The molecule has 1 atom stereocenters. The molecule has 6 heteroatoms. The highest BCUT2D eigenvalue weighted by molar-refractivity contribution is 7.99. The van der Waals surface area contributed by atoms with Crippen molar-refractivity contribution in [1.82, 2.24) is 5.32 Å². The van der Waals surface area contributed by atoms with Gasteiger partial charge in [-0.25, -0.2) is 4.39 Å². The number of halogens is 1. The average Bonchev–Trinajstić information content (AvgIpc) is 3.26. The Labute approximate surface area is 139 Å². The molecule has 2 aliphatic rings. The van der Waals surface area contributed by atoms with Gasteiger partial charge in [0.25, 0.3) is 5.91 Å². The Balaban J connectivity index is 1.66.